The van der Waals surface area contributed by atoms with Gasteiger partial charge in [-0.2, -0.15) is 0 Å². The SMILES string of the molecule is Cc1ccc(OCC(=O)N2CCOCC2)c(C=O)c1. The van der Waals surface area contributed by atoms with E-state index in [1.807, 2.05) is 13.0 Å². The van der Waals surface area contributed by atoms with Gasteiger partial charge in [0.15, 0.2) is 12.9 Å². The van der Waals surface area contributed by atoms with Crippen molar-refractivity contribution in [2.24, 2.45) is 0 Å². The lowest BCUT2D eigenvalue weighted by atomic mass is 10.1. The maximum absolute atomic E-state index is 11.9. The van der Waals surface area contributed by atoms with Gasteiger partial charge in [-0.3, -0.25) is 9.59 Å². The maximum atomic E-state index is 11.9. The summed E-state index contributed by atoms with van der Waals surface area (Å²) in [6, 6.07) is 5.30. The number of hydrogen-bond donors (Lipinski definition) is 0. The highest BCUT2D eigenvalue weighted by Gasteiger charge is 2.17. The highest BCUT2D eigenvalue weighted by atomic mass is 16.5. The number of benzene rings is 1. The summed E-state index contributed by atoms with van der Waals surface area (Å²) in [5, 5.41) is 0. The summed E-state index contributed by atoms with van der Waals surface area (Å²) in [6.45, 7) is 4.17. The third-order valence-electron chi connectivity index (χ3n) is 3.01. The Balaban J connectivity index is 1.94. The molecule has 1 aromatic rings. The van der Waals surface area contributed by atoms with Crippen molar-refractivity contribution in [3.05, 3.63) is 29.3 Å². The van der Waals surface area contributed by atoms with Crippen LogP contribution in [0.5, 0.6) is 5.75 Å². The molecule has 1 aliphatic heterocycles. The number of carbonyl (C=O) groups excluding carboxylic acids is 2. The van der Waals surface area contributed by atoms with E-state index in [-0.39, 0.29) is 12.5 Å². The van der Waals surface area contributed by atoms with Crippen LogP contribution in [0.1, 0.15) is 15.9 Å². The molecule has 0 bridgehead atoms. The van der Waals surface area contributed by atoms with Gasteiger partial charge in [0, 0.05) is 13.1 Å². The number of carbonyl (C=O) groups is 2. The molecule has 0 N–H and O–H groups in total. The second kappa shape index (κ2) is 6.33. The van der Waals surface area contributed by atoms with Crippen LogP contribution in [0, 0.1) is 6.92 Å². The van der Waals surface area contributed by atoms with Crippen molar-refractivity contribution < 1.29 is 19.1 Å². The summed E-state index contributed by atoms with van der Waals surface area (Å²) in [6.07, 6.45) is 0.738. The normalized spacial score (nSPS) is 15.1. The van der Waals surface area contributed by atoms with Crippen LogP contribution in [-0.2, 0) is 9.53 Å². The number of hydrogen-bond acceptors (Lipinski definition) is 4. The molecule has 1 amide bonds. The van der Waals surface area contributed by atoms with Crippen LogP contribution < -0.4 is 4.74 Å². The first-order valence-electron chi connectivity index (χ1n) is 6.25. The fourth-order valence-electron chi connectivity index (χ4n) is 1.93. The minimum absolute atomic E-state index is 0.0517. The van der Waals surface area contributed by atoms with Gasteiger partial charge in [0.05, 0.1) is 18.8 Å². The zero-order chi connectivity index (χ0) is 13.7. The Morgan fingerprint density at radius 1 is 1.42 bits per heavy atom. The molecule has 102 valence electrons. The van der Waals surface area contributed by atoms with Gasteiger partial charge in [0.25, 0.3) is 5.91 Å². The molecule has 2 rings (SSSR count). The van der Waals surface area contributed by atoms with Crippen LogP contribution in [0.25, 0.3) is 0 Å². The molecule has 0 aromatic heterocycles. The molecular formula is C14H17NO4. The van der Waals surface area contributed by atoms with Gasteiger partial charge < -0.3 is 14.4 Å². The van der Waals surface area contributed by atoms with Crippen LogP contribution in [0.2, 0.25) is 0 Å². The van der Waals surface area contributed by atoms with Crippen molar-refractivity contribution in [1.82, 2.24) is 4.90 Å². The first-order chi connectivity index (χ1) is 9.20. The molecule has 19 heavy (non-hydrogen) atoms. The highest BCUT2D eigenvalue weighted by molar-refractivity contribution is 5.81. The van der Waals surface area contributed by atoms with Crippen molar-refractivity contribution in [1.29, 1.82) is 0 Å². The quantitative estimate of drug-likeness (QED) is 0.762. The number of morpholine rings is 1. The molecule has 1 saturated heterocycles. The van der Waals surface area contributed by atoms with Crippen LogP contribution in [-0.4, -0.2) is 50.0 Å². The number of amides is 1. The van der Waals surface area contributed by atoms with E-state index in [4.69, 9.17) is 9.47 Å². The van der Waals surface area contributed by atoms with E-state index in [0.717, 1.165) is 11.8 Å². The van der Waals surface area contributed by atoms with Gasteiger partial charge in [-0.25, -0.2) is 0 Å². The Morgan fingerprint density at radius 3 is 2.84 bits per heavy atom. The minimum Gasteiger partial charge on any atom is -0.483 e. The van der Waals surface area contributed by atoms with Gasteiger partial charge in [-0.1, -0.05) is 11.6 Å². The summed E-state index contributed by atoms with van der Waals surface area (Å²) < 4.78 is 10.6. The second-order valence-corrected chi connectivity index (χ2v) is 4.44. The lowest BCUT2D eigenvalue weighted by Crippen LogP contribution is -2.43. The predicted octanol–water partition coefficient (Wildman–Crippen LogP) is 1.05. The Hall–Kier alpha value is -1.88. The smallest absolute Gasteiger partial charge is 0.260 e. The molecule has 5 nitrogen and oxygen atoms in total. The first kappa shape index (κ1) is 13.5. The zero-order valence-corrected chi connectivity index (χ0v) is 10.9. The predicted molar refractivity (Wildman–Crippen MR) is 69.5 cm³/mol. The molecule has 0 unspecified atom stereocenters. The van der Waals surface area contributed by atoms with Crippen molar-refractivity contribution in [2.45, 2.75) is 6.92 Å². The molecule has 1 heterocycles. The molecule has 1 aromatic carbocycles. The fraction of sp³-hybridized carbons (Fsp3) is 0.429. The number of aryl methyl sites for hydroxylation is 1. The van der Waals surface area contributed by atoms with E-state index in [1.54, 1.807) is 17.0 Å². The average Bonchev–Trinajstić information content (AvgIpc) is 2.46. The Bertz CT molecular complexity index is 467. The largest absolute Gasteiger partial charge is 0.483 e. The lowest BCUT2D eigenvalue weighted by Gasteiger charge is -2.26. The molecule has 1 fully saturated rings. The summed E-state index contributed by atoms with van der Waals surface area (Å²) in [5.41, 5.74) is 1.45. The molecule has 1 aliphatic rings. The van der Waals surface area contributed by atoms with Crippen LogP contribution >= 0.6 is 0 Å². The number of ether oxygens (including phenoxy) is 2. The third-order valence-corrected chi connectivity index (χ3v) is 3.01. The number of aldehydes is 1. The van der Waals surface area contributed by atoms with E-state index in [2.05, 4.69) is 0 Å². The van der Waals surface area contributed by atoms with Gasteiger partial charge in [0.2, 0.25) is 0 Å². The highest BCUT2D eigenvalue weighted by Crippen LogP contribution is 2.18. The standard InChI is InChI=1S/C14H17NO4/c1-11-2-3-13(12(8-11)9-16)19-10-14(17)15-4-6-18-7-5-15/h2-3,8-9H,4-7,10H2,1H3. The first-order valence-corrected chi connectivity index (χ1v) is 6.25. The van der Waals surface area contributed by atoms with E-state index in [0.29, 0.717) is 37.6 Å². The third kappa shape index (κ3) is 3.54. The summed E-state index contributed by atoms with van der Waals surface area (Å²) in [5.74, 6) is 0.364. The van der Waals surface area contributed by atoms with Crippen LogP contribution in [0.15, 0.2) is 18.2 Å². The molecule has 5 heteroatoms. The molecule has 0 radical (unpaired) electrons. The molecule has 0 spiro atoms. The van der Waals surface area contributed by atoms with Gasteiger partial charge >= 0.3 is 0 Å². The van der Waals surface area contributed by atoms with E-state index >= 15 is 0 Å². The monoisotopic (exact) mass is 263 g/mol. The van der Waals surface area contributed by atoms with Gasteiger partial charge in [-0.05, 0) is 19.1 Å². The molecular weight excluding hydrogens is 246 g/mol. The molecule has 0 saturated carbocycles. The Kier molecular flexibility index (Phi) is 4.52. The Labute approximate surface area is 112 Å². The van der Waals surface area contributed by atoms with E-state index < -0.39 is 0 Å². The summed E-state index contributed by atoms with van der Waals surface area (Å²) in [4.78, 5) is 24.5. The van der Waals surface area contributed by atoms with E-state index in [1.165, 1.54) is 0 Å². The zero-order valence-electron chi connectivity index (χ0n) is 10.9. The number of rotatable bonds is 4. The van der Waals surface area contributed by atoms with Gasteiger partial charge in [0.1, 0.15) is 5.75 Å². The van der Waals surface area contributed by atoms with Gasteiger partial charge in [-0.15, -0.1) is 0 Å². The van der Waals surface area contributed by atoms with Crippen molar-refractivity contribution in [3.8, 4) is 5.75 Å². The van der Waals surface area contributed by atoms with Crippen LogP contribution in [0.4, 0.5) is 0 Å². The topological polar surface area (TPSA) is 55.8 Å². The number of nitrogens with zero attached hydrogens (tertiary/aromatic N) is 1. The molecule has 0 atom stereocenters. The minimum atomic E-state index is -0.0827. The van der Waals surface area contributed by atoms with Crippen molar-refractivity contribution in [2.75, 3.05) is 32.9 Å². The van der Waals surface area contributed by atoms with E-state index in [9.17, 15) is 9.59 Å². The molecule has 0 aliphatic carbocycles. The van der Waals surface area contributed by atoms with Crippen LogP contribution in [0.3, 0.4) is 0 Å². The maximum Gasteiger partial charge on any atom is 0.260 e. The van der Waals surface area contributed by atoms with Crippen molar-refractivity contribution in [3.63, 3.8) is 0 Å². The summed E-state index contributed by atoms with van der Waals surface area (Å²) in [7, 11) is 0. The fourth-order valence-corrected chi connectivity index (χ4v) is 1.93. The lowest BCUT2D eigenvalue weighted by molar-refractivity contribution is -0.137. The Morgan fingerprint density at radius 2 is 2.16 bits per heavy atom. The second-order valence-electron chi connectivity index (χ2n) is 4.44. The average molecular weight is 263 g/mol. The summed E-state index contributed by atoms with van der Waals surface area (Å²) >= 11 is 0. The van der Waals surface area contributed by atoms with Crippen molar-refractivity contribution >= 4 is 12.2 Å².